The molecular weight excluding hydrogens is 226 g/mol. The van der Waals surface area contributed by atoms with E-state index in [4.69, 9.17) is 11.5 Å². The van der Waals surface area contributed by atoms with Crippen LogP contribution < -0.4 is 11.5 Å². The molecule has 5 N–H and O–H groups in total. The second kappa shape index (κ2) is 4.58. The van der Waals surface area contributed by atoms with Gasteiger partial charge < -0.3 is 26.0 Å². The summed E-state index contributed by atoms with van der Waals surface area (Å²) in [6.07, 6.45) is -5.31. The Morgan fingerprint density at radius 3 is 2.62 bits per heavy atom. The largest absolute Gasteiger partial charge is 0.454 e. The molecule has 0 radical (unpaired) electrons. The lowest BCUT2D eigenvalue weighted by Gasteiger charge is -2.42. The van der Waals surface area contributed by atoms with Gasteiger partial charge in [-0.3, -0.25) is 4.79 Å². The van der Waals surface area contributed by atoms with Crippen molar-refractivity contribution in [3.63, 3.8) is 0 Å². The van der Waals surface area contributed by atoms with Crippen molar-refractivity contribution in [1.82, 2.24) is 0 Å². The van der Waals surface area contributed by atoms with Crippen LogP contribution in [-0.2, 0) is 14.3 Å². The number of aliphatic hydroxyl groups excluding tert-OH is 1. The zero-order valence-corrected chi connectivity index (χ0v) is 8.60. The third-order valence-electron chi connectivity index (χ3n) is 2.30. The molecule has 1 aliphatic rings. The number of hydrogen-bond acceptors (Lipinski definition) is 6. The first-order chi connectivity index (χ1) is 7.30. The maximum Gasteiger partial charge on any atom is 0.312 e. The Morgan fingerprint density at radius 2 is 2.19 bits per heavy atom. The van der Waals surface area contributed by atoms with Crippen LogP contribution in [0.25, 0.3) is 0 Å². The van der Waals surface area contributed by atoms with Gasteiger partial charge in [0.15, 0.2) is 12.4 Å². The number of carbonyl (C=O) groups excluding carboxylic acids is 1. The fourth-order valence-electron chi connectivity index (χ4n) is 1.49. The molecule has 1 aliphatic heterocycles. The van der Waals surface area contributed by atoms with E-state index in [-0.39, 0.29) is 0 Å². The molecule has 0 bridgehead atoms. The second-order valence-electron chi connectivity index (χ2n) is 3.53. The predicted octanol–water partition coefficient (Wildman–Crippen LogP) is -1.44. The molecule has 0 saturated carbocycles. The zero-order valence-electron chi connectivity index (χ0n) is 8.60. The molecule has 1 saturated heterocycles. The molecule has 6 nitrogen and oxygen atoms in total. The number of alkyl halides is 2. The van der Waals surface area contributed by atoms with Crippen LogP contribution in [0.3, 0.4) is 0 Å². The molecule has 0 amide bonds. The van der Waals surface area contributed by atoms with Gasteiger partial charge in [0.25, 0.3) is 0 Å². The standard InChI is InChI=1S/C8H14F2N2O4/c1-3(13)15-6-5(12)7(14)16-4(2-11)8(6,9)10/h4-7,14H,2,11-12H2,1H3/t4-,5-,6-,7?/m1/s1. The van der Waals surface area contributed by atoms with Gasteiger partial charge >= 0.3 is 11.9 Å². The van der Waals surface area contributed by atoms with Gasteiger partial charge in [0.05, 0.1) is 6.04 Å². The van der Waals surface area contributed by atoms with Gasteiger partial charge in [0, 0.05) is 13.5 Å². The minimum absolute atomic E-state index is 0.519. The highest BCUT2D eigenvalue weighted by Gasteiger charge is 2.58. The Balaban J connectivity index is 2.93. The SMILES string of the molecule is CC(=O)O[C@@H]1[C@@H](N)C(O)O[C@H](CN)C1(F)F. The molecule has 1 fully saturated rings. The first-order valence-electron chi connectivity index (χ1n) is 4.65. The fourth-order valence-corrected chi connectivity index (χ4v) is 1.49. The third-order valence-corrected chi connectivity index (χ3v) is 2.30. The number of halogens is 2. The van der Waals surface area contributed by atoms with Crippen LogP contribution in [0.15, 0.2) is 0 Å². The number of carbonyl (C=O) groups is 1. The van der Waals surface area contributed by atoms with Gasteiger partial charge in [-0.2, -0.15) is 8.78 Å². The van der Waals surface area contributed by atoms with Crippen LogP contribution >= 0.6 is 0 Å². The Morgan fingerprint density at radius 1 is 1.62 bits per heavy atom. The maximum absolute atomic E-state index is 13.6. The van der Waals surface area contributed by atoms with E-state index in [0.29, 0.717) is 0 Å². The summed E-state index contributed by atoms with van der Waals surface area (Å²) in [5, 5.41) is 9.27. The number of ether oxygens (including phenoxy) is 2. The van der Waals surface area contributed by atoms with E-state index in [2.05, 4.69) is 9.47 Å². The minimum atomic E-state index is -3.53. The normalized spacial score (nSPS) is 38.1. The summed E-state index contributed by atoms with van der Waals surface area (Å²) >= 11 is 0. The molecule has 0 aromatic heterocycles. The van der Waals surface area contributed by atoms with Gasteiger partial charge in [0.2, 0.25) is 0 Å². The monoisotopic (exact) mass is 240 g/mol. The van der Waals surface area contributed by atoms with Crippen molar-refractivity contribution in [3.05, 3.63) is 0 Å². The lowest BCUT2D eigenvalue weighted by Crippen LogP contribution is -2.67. The van der Waals surface area contributed by atoms with Crippen LogP contribution in [0.5, 0.6) is 0 Å². The molecule has 4 atom stereocenters. The maximum atomic E-state index is 13.6. The average Bonchev–Trinajstić information content (AvgIpc) is 2.18. The molecule has 0 aliphatic carbocycles. The summed E-state index contributed by atoms with van der Waals surface area (Å²) in [5.74, 6) is -4.44. The highest BCUT2D eigenvalue weighted by atomic mass is 19.3. The van der Waals surface area contributed by atoms with E-state index in [1.165, 1.54) is 0 Å². The van der Waals surface area contributed by atoms with Crippen molar-refractivity contribution in [3.8, 4) is 0 Å². The van der Waals surface area contributed by atoms with E-state index in [0.717, 1.165) is 6.92 Å². The molecule has 0 spiro atoms. The number of aliphatic hydroxyl groups is 1. The molecule has 16 heavy (non-hydrogen) atoms. The van der Waals surface area contributed by atoms with Gasteiger partial charge in [0.1, 0.15) is 6.10 Å². The smallest absolute Gasteiger partial charge is 0.312 e. The number of hydrogen-bond donors (Lipinski definition) is 3. The van der Waals surface area contributed by atoms with E-state index in [1.807, 2.05) is 0 Å². The molecule has 1 heterocycles. The highest BCUT2D eigenvalue weighted by molar-refractivity contribution is 5.66. The van der Waals surface area contributed by atoms with E-state index >= 15 is 0 Å². The van der Waals surface area contributed by atoms with Gasteiger partial charge in [-0.05, 0) is 0 Å². The van der Waals surface area contributed by atoms with Crippen LogP contribution in [0, 0.1) is 0 Å². The quantitative estimate of drug-likeness (QED) is 0.510. The molecule has 0 aromatic rings. The van der Waals surface area contributed by atoms with Crippen LogP contribution in [0.1, 0.15) is 6.92 Å². The first-order valence-corrected chi connectivity index (χ1v) is 4.65. The summed E-state index contributed by atoms with van der Waals surface area (Å²) < 4.78 is 36.2. The van der Waals surface area contributed by atoms with Crippen molar-refractivity contribution >= 4 is 5.97 Å². The predicted molar refractivity (Wildman–Crippen MR) is 48.4 cm³/mol. The summed E-state index contributed by atoms with van der Waals surface area (Å²) in [5.41, 5.74) is 10.4. The van der Waals surface area contributed by atoms with Crippen molar-refractivity contribution < 1.29 is 28.2 Å². The van der Waals surface area contributed by atoms with Crippen molar-refractivity contribution in [2.45, 2.75) is 37.4 Å². The Bertz CT molecular complexity index is 277. The lowest BCUT2D eigenvalue weighted by atomic mass is 9.96. The summed E-state index contributed by atoms with van der Waals surface area (Å²) in [6, 6.07) is -1.51. The Labute approximate surface area is 90.5 Å². The van der Waals surface area contributed by atoms with Gasteiger partial charge in [-0.25, -0.2) is 0 Å². The van der Waals surface area contributed by atoms with Crippen molar-refractivity contribution in [1.29, 1.82) is 0 Å². The number of nitrogens with two attached hydrogens (primary N) is 2. The fraction of sp³-hybridized carbons (Fsp3) is 0.875. The summed E-state index contributed by atoms with van der Waals surface area (Å²) in [4.78, 5) is 10.7. The average molecular weight is 240 g/mol. The molecule has 1 unspecified atom stereocenters. The van der Waals surface area contributed by atoms with Crippen LogP contribution in [-0.4, -0.2) is 48.1 Å². The molecule has 1 rings (SSSR count). The third kappa shape index (κ3) is 2.29. The first kappa shape index (κ1) is 13.2. The van der Waals surface area contributed by atoms with Gasteiger partial charge in [-0.1, -0.05) is 0 Å². The minimum Gasteiger partial charge on any atom is -0.454 e. The topological polar surface area (TPSA) is 108 Å². The molecule has 94 valence electrons. The molecular formula is C8H14F2N2O4. The van der Waals surface area contributed by atoms with Crippen molar-refractivity contribution in [2.75, 3.05) is 6.54 Å². The van der Waals surface area contributed by atoms with Crippen molar-refractivity contribution in [2.24, 2.45) is 11.5 Å². The van der Waals surface area contributed by atoms with E-state index < -0.39 is 43.0 Å². The Kier molecular flexibility index (Phi) is 3.79. The van der Waals surface area contributed by atoms with E-state index in [1.54, 1.807) is 0 Å². The zero-order chi connectivity index (χ0) is 12.5. The van der Waals surface area contributed by atoms with Crippen LogP contribution in [0.4, 0.5) is 8.78 Å². The lowest BCUT2D eigenvalue weighted by molar-refractivity contribution is -0.298. The highest BCUT2D eigenvalue weighted by Crippen LogP contribution is 2.34. The number of rotatable bonds is 2. The second-order valence-corrected chi connectivity index (χ2v) is 3.53. The summed E-state index contributed by atoms with van der Waals surface area (Å²) in [7, 11) is 0. The number of esters is 1. The molecule has 0 aromatic carbocycles. The van der Waals surface area contributed by atoms with Gasteiger partial charge in [-0.15, -0.1) is 0 Å². The van der Waals surface area contributed by atoms with E-state index in [9.17, 15) is 18.7 Å². The summed E-state index contributed by atoms with van der Waals surface area (Å²) in [6.45, 7) is 0.455. The van der Waals surface area contributed by atoms with Crippen LogP contribution in [0.2, 0.25) is 0 Å². The Hall–Kier alpha value is -0.830. The molecule has 8 heteroatoms.